The maximum Gasteiger partial charge on any atom is 0.228 e. The number of rotatable bonds is 3. The maximum absolute atomic E-state index is 11.8. The molecule has 0 heterocycles. The predicted octanol–water partition coefficient (Wildman–Crippen LogP) is 3.13. The topological polar surface area (TPSA) is 55.1 Å². The second kappa shape index (κ2) is 5.80. The average molecular weight is 350 g/mol. The van der Waals surface area contributed by atoms with Gasteiger partial charge in [-0.1, -0.05) is 22.9 Å². The van der Waals surface area contributed by atoms with E-state index in [1.165, 1.54) is 0 Å². The van der Waals surface area contributed by atoms with Crippen molar-refractivity contribution < 1.29 is 4.79 Å². The first-order valence-electron chi connectivity index (χ1n) is 4.93. The van der Waals surface area contributed by atoms with Gasteiger partial charge in [0.15, 0.2) is 0 Å². The van der Waals surface area contributed by atoms with E-state index < -0.39 is 0 Å². The van der Waals surface area contributed by atoms with Crippen LogP contribution in [-0.4, -0.2) is 11.9 Å². The third kappa shape index (κ3) is 3.57. The minimum Gasteiger partial charge on any atom is -0.327 e. The Labute approximate surface area is 112 Å². The molecular weight excluding hydrogens is 336 g/mol. The van der Waals surface area contributed by atoms with Crippen LogP contribution in [0.25, 0.3) is 0 Å². The van der Waals surface area contributed by atoms with Gasteiger partial charge in [-0.3, -0.25) is 4.79 Å². The van der Waals surface area contributed by atoms with Gasteiger partial charge in [-0.15, -0.1) is 0 Å². The van der Waals surface area contributed by atoms with Gasteiger partial charge in [-0.05, 0) is 41.1 Å². The Morgan fingerprint density at radius 2 is 2.00 bits per heavy atom. The van der Waals surface area contributed by atoms with E-state index in [0.29, 0.717) is 0 Å². The molecule has 0 spiro atoms. The summed E-state index contributed by atoms with van der Waals surface area (Å²) >= 11 is 6.73. The molecule has 88 valence electrons. The highest BCUT2D eigenvalue weighted by molar-refractivity contribution is 9.11. The Morgan fingerprint density at radius 3 is 2.56 bits per heavy atom. The zero-order valence-corrected chi connectivity index (χ0v) is 12.3. The Kier molecular flexibility index (Phi) is 4.95. The molecule has 5 heteroatoms. The van der Waals surface area contributed by atoms with Crippen molar-refractivity contribution in [3.8, 4) is 0 Å². The van der Waals surface area contributed by atoms with Crippen LogP contribution in [0.1, 0.15) is 13.8 Å². The molecule has 2 unspecified atom stereocenters. The molecule has 0 radical (unpaired) electrons. The van der Waals surface area contributed by atoms with Crippen molar-refractivity contribution in [3.05, 3.63) is 27.1 Å². The minimum absolute atomic E-state index is 0.0752. The van der Waals surface area contributed by atoms with Gasteiger partial charge in [0.1, 0.15) is 0 Å². The van der Waals surface area contributed by atoms with Crippen LogP contribution < -0.4 is 11.1 Å². The van der Waals surface area contributed by atoms with Crippen molar-refractivity contribution >= 4 is 43.5 Å². The highest BCUT2D eigenvalue weighted by atomic mass is 79.9. The van der Waals surface area contributed by atoms with Crippen molar-refractivity contribution in [2.24, 2.45) is 11.7 Å². The van der Waals surface area contributed by atoms with Crippen LogP contribution in [0.3, 0.4) is 0 Å². The van der Waals surface area contributed by atoms with Gasteiger partial charge >= 0.3 is 0 Å². The lowest BCUT2D eigenvalue weighted by Crippen LogP contribution is -2.34. The fourth-order valence-corrected chi connectivity index (χ4v) is 1.79. The number of amides is 1. The summed E-state index contributed by atoms with van der Waals surface area (Å²) in [6, 6.07) is 5.45. The summed E-state index contributed by atoms with van der Waals surface area (Å²) in [6.45, 7) is 3.63. The quantitative estimate of drug-likeness (QED) is 0.880. The third-order valence-electron chi connectivity index (χ3n) is 2.39. The summed E-state index contributed by atoms with van der Waals surface area (Å²) in [5, 5.41) is 2.84. The van der Waals surface area contributed by atoms with E-state index >= 15 is 0 Å². The fraction of sp³-hybridized carbons (Fsp3) is 0.364. The largest absolute Gasteiger partial charge is 0.327 e. The van der Waals surface area contributed by atoms with E-state index in [4.69, 9.17) is 5.73 Å². The number of hydrogen-bond donors (Lipinski definition) is 2. The average Bonchev–Trinajstić information content (AvgIpc) is 2.22. The van der Waals surface area contributed by atoms with Crippen LogP contribution in [-0.2, 0) is 4.79 Å². The number of nitrogens with one attached hydrogen (secondary N) is 1. The third-order valence-corrected chi connectivity index (χ3v) is 3.57. The molecule has 0 aromatic heterocycles. The number of anilines is 1. The Bertz CT molecular complexity index is 394. The minimum atomic E-state index is -0.217. The monoisotopic (exact) mass is 348 g/mol. The van der Waals surface area contributed by atoms with Crippen molar-refractivity contribution in [3.63, 3.8) is 0 Å². The normalized spacial score (nSPS) is 14.3. The van der Waals surface area contributed by atoms with Gasteiger partial charge < -0.3 is 11.1 Å². The van der Waals surface area contributed by atoms with E-state index in [-0.39, 0.29) is 17.9 Å². The molecule has 1 rings (SSSR count). The Morgan fingerprint density at radius 1 is 1.38 bits per heavy atom. The summed E-state index contributed by atoms with van der Waals surface area (Å²) in [5.74, 6) is -0.292. The van der Waals surface area contributed by atoms with Crippen LogP contribution in [0.4, 0.5) is 5.69 Å². The van der Waals surface area contributed by atoms with Crippen molar-refractivity contribution in [2.45, 2.75) is 19.9 Å². The molecule has 3 N–H and O–H groups in total. The zero-order valence-electron chi connectivity index (χ0n) is 9.13. The van der Waals surface area contributed by atoms with Gasteiger partial charge in [0.2, 0.25) is 5.91 Å². The van der Waals surface area contributed by atoms with Crippen LogP contribution in [0.5, 0.6) is 0 Å². The summed E-state index contributed by atoms with van der Waals surface area (Å²) in [6.07, 6.45) is 0. The lowest BCUT2D eigenvalue weighted by atomic mass is 10.0. The Balaban J connectivity index is 2.80. The van der Waals surface area contributed by atoms with E-state index in [1.807, 2.05) is 32.0 Å². The molecule has 2 atom stereocenters. The summed E-state index contributed by atoms with van der Waals surface area (Å²) in [5.41, 5.74) is 6.42. The number of benzene rings is 1. The van der Waals surface area contributed by atoms with Crippen LogP contribution in [0.15, 0.2) is 27.1 Å². The molecule has 0 aliphatic rings. The SMILES string of the molecule is CC(N)C(C)C(=O)Nc1cc(Br)ccc1Br. The maximum atomic E-state index is 11.8. The molecular formula is C11H14Br2N2O. The van der Waals surface area contributed by atoms with Crippen LogP contribution >= 0.6 is 31.9 Å². The molecule has 0 aliphatic carbocycles. The van der Waals surface area contributed by atoms with Crippen molar-refractivity contribution in [2.75, 3.05) is 5.32 Å². The standard InChI is InChI=1S/C11H14Br2N2O/c1-6(7(2)14)11(16)15-10-5-8(12)3-4-9(10)13/h3-7H,14H2,1-2H3,(H,15,16). The molecule has 0 aliphatic heterocycles. The molecule has 0 fully saturated rings. The van der Waals surface area contributed by atoms with Crippen LogP contribution in [0, 0.1) is 5.92 Å². The van der Waals surface area contributed by atoms with Gasteiger partial charge in [0, 0.05) is 15.0 Å². The van der Waals surface area contributed by atoms with E-state index in [1.54, 1.807) is 0 Å². The lowest BCUT2D eigenvalue weighted by Gasteiger charge is -2.16. The summed E-state index contributed by atoms with van der Waals surface area (Å²) < 4.78 is 1.76. The lowest BCUT2D eigenvalue weighted by molar-refractivity contribution is -0.119. The molecule has 1 amide bonds. The van der Waals surface area contributed by atoms with Crippen molar-refractivity contribution in [1.29, 1.82) is 0 Å². The predicted molar refractivity (Wildman–Crippen MR) is 73.3 cm³/mol. The fourth-order valence-electron chi connectivity index (χ4n) is 1.08. The number of nitrogens with two attached hydrogens (primary N) is 1. The summed E-state index contributed by atoms with van der Waals surface area (Å²) in [4.78, 5) is 11.8. The molecule has 0 saturated carbocycles. The Hall–Kier alpha value is -0.390. The van der Waals surface area contributed by atoms with Gasteiger partial charge in [0.05, 0.1) is 11.6 Å². The van der Waals surface area contributed by atoms with Gasteiger partial charge in [-0.25, -0.2) is 0 Å². The molecule has 0 bridgehead atoms. The molecule has 0 saturated heterocycles. The van der Waals surface area contributed by atoms with E-state index in [9.17, 15) is 4.79 Å². The van der Waals surface area contributed by atoms with Gasteiger partial charge in [0.25, 0.3) is 0 Å². The van der Waals surface area contributed by atoms with E-state index in [2.05, 4.69) is 37.2 Å². The number of halogens is 2. The van der Waals surface area contributed by atoms with E-state index in [0.717, 1.165) is 14.6 Å². The molecule has 1 aromatic carbocycles. The molecule has 16 heavy (non-hydrogen) atoms. The van der Waals surface area contributed by atoms with Crippen molar-refractivity contribution in [1.82, 2.24) is 0 Å². The molecule has 1 aromatic rings. The summed E-state index contributed by atoms with van der Waals surface area (Å²) in [7, 11) is 0. The second-order valence-corrected chi connectivity index (χ2v) is 5.53. The molecule has 3 nitrogen and oxygen atoms in total. The number of carbonyl (C=O) groups is 1. The smallest absolute Gasteiger partial charge is 0.228 e. The first-order chi connectivity index (χ1) is 7.41. The first kappa shape index (κ1) is 13.7. The number of hydrogen-bond acceptors (Lipinski definition) is 2. The highest BCUT2D eigenvalue weighted by Gasteiger charge is 2.17. The van der Waals surface area contributed by atoms with Gasteiger partial charge in [-0.2, -0.15) is 0 Å². The zero-order chi connectivity index (χ0) is 12.3. The van der Waals surface area contributed by atoms with Crippen LogP contribution in [0.2, 0.25) is 0 Å². The second-order valence-electron chi connectivity index (χ2n) is 3.76. The highest BCUT2D eigenvalue weighted by Crippen LogP contribution is 2.26. The first-order valence-corrected chi connectivity index (χ1v) is 6.52. The number of carbonyl (C=O) groups excluding carboxylic acids is 1.